The molecule has 1 aliphatic heterocycles. The van der Waals surface area contributed by atoms with Gasteiger partial charge >= 0.3 is 35.3 Å². The highest BCUT2D eigenvalue weighted by molar-refractivity contribution is 5.72. The van der Waals surface area contributed by atoms with Crippen molar-refractivity contribution in [2.45, 2.75) is 320 Å². The van der Waals surface area contributed by atoms with Crippen LogP contribution in [0.2, 0.25) is 0 Å². The van der Waals surface area contributed by atoms with Crippen LogP contribution in [-0.2, 0) is 38.1 Å². The molecule has 1 saturated heterocycles. The molecular weight excluding hydrogens is 925 g/mol. The summed E-state index contributed by atoms with van der Waals surface area (Å²) in [5.74, 6) is -13.2. The standard InChI is InChI=1S/C61H110O12/c1-5-8-11-14-17-20-23-26-29-32-35-38-41-44-47-50-54(63)70-59(53-62)61(68,72-56(65)52-49-46-43-40-37-34-31-28-25-22-19-16-13-10-7-3)60(67,57(66)58(69-4)73-59)71-55(64)51-48-45-42-39-36-33-30-27-24-21-18-15-12-9-6-2/h26-31,57-58,62,66-68H,5-25,32-53H2,1-4H3/b29-26-,30-27-,31-28-/t57-,58-,59?,60+,61-/m0/s1. The SMILES string of the molecule is CCCCCCCC/C=C\CCCCCCCC(=O)OC1(CO)O[C@H](OC)[C@H](O)[C@@](O)(OC(=O)CCCCCCC/C=C\CCCCCCCC)[C@@]1(O)OC(=O)CCCCCCC/C=C\CCCCCCCC. The number of carbonyl (C=O) groups is 3. The minimum absolute atomic E-state index is 0.157. The number of aliphatic hydroxyl groups excluding tert-OH is 2. The summed E-state index contributed by atoms with van der Waals surface area (Å²) in [5.41, 5.74) is 0. The van der Waals surface area contributed by atoms with Gasteiger partial charge in [-0.15, -0.1) is 0 Å². The van der Waals surface area contributed by atoms with Crippen LogP contribution in [0, 0.1) is 0 Å². The zero-order chi connectivity index (χ0) is 53.6. The summed E-state index contributed by atoms with van der Waals surface area (Å²) in [6, 6.07) is 0. The fourth-order valence-electron chi connectivity index (χ4n) is 9.41. The number of carbonyl (C=O) groups excluding carboxylic acids is 3. The third kappa shape index (κ3) is 30.7. The smallest absolute Gasteiger partial charge is 0.349 e. The van der Waals surface area contributed by atoms with Crippen molar-refractivity contribution in [3.63, 3.8) is 0 Å². The van der Waals surface area contributed by atoms with Gasteiger partial charge in [0.25, 0.3) is 0 Å². The summed E-state index contributed by atoms with van der Waals surface area (Å²) < 4.78 is 27.7. The molecule has 0 saturated carbocycles. The fraction of sp³-hybridized carbons (Fsp3) is 0.852. The molecule has 0 radical (unpaired) electrons. The van der Waals surface area contributed by atoms with Crippen molar-refractivity contribution >= 4 is 17.9 Å². The maximum absolute atomic E-state index is 13.6. The Kier molecular flexibility index (Phi) is 42.7. The number of hydrogen-bond donors (Lipinski definition) is 4. The number of methoxy groups -OCH3 is 1. The first-order valence-corrected chi connectivity index (χ1v) is 30.0. The molecule has 426 valence electrons. The van der Waals surface area contributed by atoms with Crippen LogP contribution in [0.25, 0.3) is 0 Å². The second-order valence-electron chi connectivity index (χ2n) is 20.8. The highest BCUT2D eigenvalue weighted by Gasteiger charge is 2.80. The number of aliphatic hydroxyl groups is 4. The lowest BCUT2D eigenvalue weighted by Crippen LogP contribution is -2.83. The predicted octanol–water partition coefficient (Wildman–Crippen LogP) is 15.2. The Morgan fingerprint density at radius 2 is 0.699 bits per heavy atom. The van der Waals surface area contributed by atoms with Gasteiger partial charge in [0.15, 0.2) is 12.4 Å². The topological polar surface area (TPSA) is 178 Å². The van der Waals surface area contributed by atoms with Crippen molar-refractivity contribution in [1.82, 2.24) is 0 Å². The minimum Gasteiger partial charge on any atom is -0.423 e. The Hall–Kier alpha value is -2.61. The van der Waals surface area contributed by atoms with Crippen LogP contribution in [0.1, 0.15) is 290 Å². The molecule has 0 aliphatic carbocycles. The van der Waals surface area contributed by atoms with E-state index in [1.807, 2.05) is 0 Å². The van der Waals surface area contributed by atoms with Crippen LogP contribution in [-0.4, -0.2) is 81.8 Å². The van der Waals surface area contributed by atoms with Crippen LogP contribution < -0.4 is 0 Å². The quantitative estimate of drug-likeness (QED) is 0.0149. The zero-order valence-corrected chi connectivity index (χ0v) is 47.1. The Bertz CT molecular complexity index is 1380. The average Bonchev–Trinajstić information content (AvgIpc) is 3.37. The Labute approximate surface area is 445 Å². The van der Waals surface area contributed by atoms with E-state index in [1.54, 1.807) is 0 Å². The lowest BCUT2D eigenvalue weighted by molar-refractivity contribution is -0.529. The minimum atomic E-state index is -3.61. The average molecular weight is 1040 g/mol. The van der Waals surface area contributed by atoms with E-state index in [0.717, 1.165) is 103 Å². The van der Waals surface area contributed by atoms with Crippen molar-refractivity contribution in [1.29, 1.82) is 0 Å². The van der Waals surface area contributed by atoms with Crippen LogP contribution in [0.5, 0.6) is 0 Å². The molecule has 0 bridgehead atoms. The summed E-state index contributed by atoms with van der Waals surface area (Å²) in [6.07, 6.45) is 49.9. The van der Waals surface area contributed by atoms with Crippen LogP contribution >= 0.6 is 0 Å². The lowest BCUT2D eigenvalue weighted by atomic mass is 9.87. The second kappa shape index (κ2) is 45.6. The molecule has 73 heavy (non-hydrogen) atoms. The first kappa shape index (κ1) is 68.4. The molecule has 1 heterocycles. The van der Waals surface area contributed by atoms with Crippen LogP contribution in [0.3, 0.4) is 0 Å². The number of allylic oxidation sites excluding steroid dienone is 6. The van der Waals surface area contributed by atoms with Gasteiger partial charge in [-0.3, -0.25) is 14.4 Å². The van der Waals surface area contributed by atoms with E-state index in [-0.39, 0.29) is 19.3 Å². The zero-order valence-electron chi connectivity index (χ0n) is 47.1. The molecule has 1 unspecified atom stereocenters. The monoisotopic (exact) mass is 1030 g/mol. The summed E-state index contributed by atoms with van der Waals surface area (Å²) in [5, 5.41) is 47.0. The van der Waals surface area contributed by atoms with E-state index >= 15 is 0 Å². The summed E-state index contributed by atoms with van der Waals surface area (Å²) in [6.45, 7) is 5.33. The van der Waals surface area contributed by atoms with Gasteiger partial charge in [-0.25, -0.2) is 0 Å². The van der Waals surface area contributed by atoms with Crippen LogP contribution in [0.15, 0.2) is 36.5 Å². The molecule has 1 rings (SSSR count). The van der Waals surface area contributed by atoms with Gasteiger partial charge in [0.05, 0.1) is 0 Å². The van der Waals surface area contributed by atoms with E-state index in [2.05, 4.69) is 57.2 Å². The third-order valence-electron chi connectivity index (χ3n) is 14.1. The van der Waals surface area contributed by atoms with Crippen LogP contribution in [0.4, 0.5) is 0 Å². The van der Waals surface area contributed by atoms with E-state index in [9.17, 15) is 34.8 Å². The number of rotatable bonds is 50. The number of ether oxygens (including phenoxy) is 5. The molecule has 1 fully saturated rings. The Morgan fingerprint density at radius 3 is 1.00 bits per heavy atom. The Morgan fingerprint density at radius 1 is 0.425 bits per heavy atom. The molecular formula is C61H110O12. The number of esters is 3. The first-order chi connectivity index (χ1) is 35.5. The molecule has 0 aromatic carbocycles. The van der Waals surface area contributed by atoms with Crippen molar-refractivity contribution in [2.75, 3.05) is 13.7 Å². The molecule has 0 aromatic rings. The summed E-state index contributed by atoms with van der Waals surface area (Å²) in [4.78, 5) is 40.6. The first-order valence-electron chi connectivity index (χ1n) is 30.0. The highest BCUT2D eigenvalue weighted by Crippen LogP contribution is 2.48. The van der Waals surface area contributed by atoms with Gasteiger partial charge < -0.3 is 44.1 Å². The maximum Gasteiger partial charge on any atom is 0.349 e. The van der Waals surface area contributed by atoms with Gasteiger partial charge in [-0.1, -0.05) is 211 Å². The molecule has 0 amide bonds. The summed E-state index contributed by atoms with van der Waals surface area (Å²) in [7, 11) is 1.11. The molecule has 0 aromatic heterocycles. The normalized spacial score (nSPS) is 21.2. The Balaban J connectivity index is 2.90. The second-order valence-corrected chi connectivity index (χ2v) is 20.8. The maximum atomic E-state index is 13.6. The van der Waals surface area contributed by atoms with Gasteiger partial charge in [0.1, 0.15) is 6.61 Å². The van der Waals surface area contributed by atoms with Gasteiger partial charge in [0, 0.05) is 26.4 Å². The number of unbranched alkanes of at least 4 members (excludes halogenated alkanes) is 33. The van der Waals surface area contributed by atoms with Crippen molar-refractivity contribution in [3.8, 4) is 0 Å². The molecule has 1 aliphatic rings. The molecule has 0 spiro atoms. The summed E-state index contributed by atoms with van der Waals surface area (Å²) >= 11 is 0. The van der Waals surface area contributed by atoms with Gasteiger partial charge in [-0.05, 0) is 96.3 Å². The number of hydrogen-bond acceptors (Lipinski definition) is 12. The third-order valence-corrected chi connectivity index (χ3v) is 14.1. The largest absolute Gasteiger partial charge is 0.423 e. The highest BCUT2D eigenvalue weighted by atomic mass is 16.9. The molecule has 4 N–H and O–H groups in total. The lowest BCUT2D eigenvalue weighted by Gasteiger charge is -2.55. The molecule has 5 atom stereocenters. The molecule has 12 heteroatoms. The van der Waals surface area contributed by atoms with E-state index in [0.29, 0.717) is 38.5 Å². The van der Waals surface area contributed by atoms with Crippen molar-refractivity contribution < 1.29 is 58.5 Å². The predicted molar refractivity (Wildman–Crippen MR) is 294 cm³/mol. The van der Waals surface area contributed by atoms with Crippen molar-refractivity contribution in [2.24, 2.45) is 0 Å². The van der Waals surface area contributed by atoms with E-state index in [1.165, 1.54) is 116 Å². The van der Waals surface area contributed by atoms with Crippen molar-refractivity contribution in [3.05, 3.63) is 36.5 Å². The van der Waals surface area contributed by atoms with E-state index < -0.39 is 54.3 Å². The van der Waals surface area contributed by atoms with E-state index in [4.69, 9.17) is 23.7 Å². The van der Waals surface area contributed by atoms with Gasteiger partial charge in [0.2, 0.25) is 0 Å². The fourth-order valence-corrected chi connectivity index (χ4v) is 9.41. The van der Waals surface area contributed by atoms with Gasteiger partial charge in [-0.2, -0.15) is 0 Å². The molecule has 12 nitrogen and oxygen atoms in total.